The van der Waals surface area contributed by atoms with Gasteiger partial charge in [0.15, 0.2) is 0 Å². The van der Waals surface area contributed by atoms with Crippen LogP contribution in [0.1, 0.15) is 34.5 Å². The van der Waals surface area contributed by atoms with Crippen molar-refractivity contribution in [3.8, 4) is 5.69 Å². The number of carbonyl (C=O) groups excluding carboxylic acids is 3. The van der Waals surface area contributed by atoms with Crippen molar-refractivity contribution in [2.45, 2.75) is 26.7 Å². The van der Waals surface area contributed by atoms with Gasteiger partial charge in [0.1, 0.15) is 5.82 Å². The van der Waals surface area contributed by atoms with Crippen LogP contribution in [0.5, 0.6) is 0 Å². The van der Waals surface area contributed by atoms with Crippen molar-refractivity contribution >= 4 is 29.2 Å². The summed E-state index contributed by atoms with van der Waals surface area (Å²) in [6.07, 6.45) is 0.397. The zero-order valence-electron chi connectivity index (χ0n) is 16.2. The van der Waals surface area contributed by atoms with Gasteiger partial charge in [-0.3, -0.25) is 19.3 Å². The molecule has 146 valence electrons. The Morgan fingerprint density at radius 3 is 2.31 bits per heavy atom. The highest BCUT2D eigenvalue weighted by Crippen LogP contribution is 2.24. The predicted octanol–water partition coefficient (Wildman–Crippen LogP) is 3.39. The summed E-state index contributed by atoms with van der Waals surface area (Å²) in [7, 11) is 0. The first-order valence-corrected chi connectivity index (χ1v) is 9.33. The number of nitrogens with one attached hydrogen (secondary N) is 1. The lowest BCUT2D eigenvalue weighted by atomic mass is 10.1. The molecule has 0 aliphatic carbocycles. The molecule has 7 nitrogen and oxygen atoms in total. The number of hydrogen-bond acceptors (Lipinski definition) is 4. The third kappa shape index (κ3) is 3.67. The lowest BCUT2D eigenvalue weighted by Crippen LogP contribution is -2.28. The van der Waals surface area contributed by atoms with Gasteiger partial charge in [-0.1, -0.05) is 23.8 Å². The van der Waals surface area contributed by atoms with Gasteiger partial charge in [-0.2, -0.15) is 5.10 Å². The van der Waals surface area contributed by atoms with Crippen molar-refractivity contribution < 1.29 is 14.4 Å². The average molecular weight is 388 g/mol. The SMILES string of the molecule is Cc1ccc(-n2nc(C)cc2NC(=O)c2cccc(N3C(=O)CCC3=O)c2)cc1. The van der Waals surface area contributed by atoms with Crippen LogP contribution in [0.25, 0.3) is 5.69 Å². The van der Waals surface area contributed by atoms with Crippen LogP contribution in [0.2, 0.25) is 0 Å². The Hall–Kier alpha value is -3.74. The molecular formula is C22H20N4O3. The maximum absolute atomic E-state index is 12.9. The quantitative estimate of drug-likeness (QED) is 0.695. The maximum atomic E-state index is 12.9. The first-order chi connectivity index (χ1) is 13.9. The first-order valence-electron chi connectivity index (χ1n) is 9.33. The Kier molecular flexibility index (Phi) is 4.72. The maximum Gasteiger partial charge on any atom is 0.256 e. The summed E-state index contributed by atoms with van der Waals surface area (Å²) in [5, 5.41) is 7.34. The summed E-state index contributed by atoms with van der Waals surface area (Å²) < 4.78 is 1.67. The van der Waals surface area contributed by atoms with Gasteiger partial charge >= 0.3 is 0 Å². The molecular weight excluding hydrogens is 368 g/mol. The molecule has 1 N–H and O–H groups in total. The van der Waals surface area contributed by atoms with Crippen LogP contribution in [0.15, 0.2) is 54.6 Å². The lowest BCUT2D eigenvalue weighted by Gasteiger charge is -2.15. The fourth-order valence-corrected chi connectivity index (χ4v) is 3.31. The zero-order chi connectivity index (χ0) is 20.5. The molecule has 1 fully saturated rings. The van der Waals surface area contributed by atoms with Crippen molar-refractivity contribution in [3.63, 3.8) is 0 Å². The molecule has 1 saturated heterocycles. The van der Waals surface area contributed by atoms with E-state index in [1.807, 2.05) is 38.1 Å². The molecule has 3 aromatic rings. The van der Waals surface area contributed by atoms with E-state index in [-0.39, 0.29) is 30.6 Å². The molecule has 2 heterocycles. The Balaban J connectivity index is 1.61. The van der Waals surface area contributed by atoms with Crippen molar-refractivity contribution in [2.75, 3.05) is 10.2 Å². The minimum absolute atomic E-state index is 0.199. The van der Waals surface area contributed by atoms with Crippen molar-refractivity contribution in [1.29, 1.82) is 0 Å². The van der Waals surface area contributed by atoms with Crippen LogP contribution in [-0.4, -0.2) is 27.5 Å². The summed E-state index contributed by atoms with van der Waals surface area (Å²) in [6, 6.07) is 16.1. The fraction of sp³-hybridized carbons (Fsp3) is 0.182. The van der Waals surface area contributed by atoms with E-state index >= 15 is 0 Å². The molecule has 1 aliphatic rings. The highest BCUT2D eigenvalue weighted by Gasteiger charge is 2.30. The summed E-state index contributed by atoms with van der Waals surface area (Å²) >= 11 is 0. The van der Waals surface area contributed by atoms with E-state index in [1.165, 1.54) is 0 Å². The number of rotatable bonds is 4. The van der Waals surface area contributed by atoms with Crippen LogP contribution in [0.4, 0.5) is 11.5 Å². The van der Waals surface area contributed by atoms with E-state index < -0.39 is 0 Å². The Labute approximate surface area is 167 Å². The van der Waals surface area contributed by atoms with Gasteiger partial charge < -0.3 is 5.32 Å². The van der Waals surface area contributed by atoms with Crippen LogP contribution in [-0.2, 0) is 9.59 Å². The van der Waals surface area contributed by atoms with Crippen molar-refractivity contribution in [1.82, 2.24) is 9.78 Å². The van der Waals surface area contributed by atoms with Crippen LogP contribution in [0, 0.1) is 13.8 Å². The Bertz CT molecular complexity index is 1100. The molecule has 2 aromatic carbocycles. The molecule has 0 spiro atoms. The normalized spacial score (nSPS) is 13.8. The van der Waals surface area contributed by atoms with Gasteiger partial charge in [-0.25, -0.2) is 4.68 Å². The van der Waals surface area contributed by atoms with Crippen molar-refractivity contribution in [3.05, 3.63) is 71.4 Å². The van der Waals surface area contributed by atoms with E-state index in [4.69, 9.17) is 0 Å². The molecule has 4 rings (SSSR count). The van der Waals surface area contributed by atoms with Crippen LogP contribution in [0.3, 0.4) is 0 Å². The molecule has 0 unspecified atom stereocenters. The van der Waals surface area contributed by atoms with E-state index in [1.54, 1.807) is 35.0 Å². The van der Waals surface area contributed by atoms with Gasteiger partial charge in [0.25, 0.3) is 5.91 Å². The summed E-state index contributed by atoms with van der Waals surface area (Å²) in [5.41, 5.74) is 3.49. The van der Waals surface area contributed by atoms with Crippen LogP contribution >= 0.6 is 0 Å². The first kappa shape index (κ1) is 18.6. The third-order valence-electron chi connectivity index (χ3n) is 4.77. The predicted molar refractivity (Wildman–Crippen MR) is 109 cm³/mol. The number of imide groups is 1. The average Bonchev–Trinajstić information content (AvgIpc) is 3.24. The van der Waals surface area contributed by atoms with Gasteiger partial charge in [0.2, 0.25) is 11.8 Å². The van der Waals surface area contributed by atoms with Gasteiger partial charge in [0.05, 0.1) is 17.1 Å². The molecule has 0 saturated carbocycles. The Morgan fingerprint density at radius 2 is 1.62 bits per heavy atom. The molecule has 1 aliphatic heterocycles. The minimum Gasteiger partial charge on any atom is -0.306 e. The van der Waals surface area contributed by atoms with Gasteiger partial charge in [0, 0.05) is 24.5 Å². The van der Waals surface area contributed by atoms with Gasteiger partial charge in [-0.15, -0.1) is 0 Å². The molecule has 0 atom stereocenters. The minimum atomic E-state index is -0.348. The lowest BCUT2D eigenvalue weighted by molar-refractivity contribution is -0.121. The molecule has 7 heteroatoms. The second kappa shape index (κ2) is 7.35. The molecule has 1 aromatic heterocycles. The highest BCUT2D eigenvalue weighted by molar-refractivity contribution is 6.20. The number of nitrogens with zero attached hydrogens (tertiary/aromatic N) is 3. The standard InChI is InChI=1S/C22H20N4O3/c1-14-6-8-17(9-7-14)26-19(12-15(2)24-26)23-22(29)16-4-3-5-18(13-16)25-20(27)10-11-21(25)28/h3-9,12-13H,10-11H2,1-2H3,(H,23,29). The van der Waals surface area contributed by atoms with E-state index in [0.29, 0.717) is 17.1 Å². The molecule has 3 amide bonds. The van der Waals surface area contributed by atoms with Gasteiger partial charge in [-0.05, 0) is 44.2 Å². The number of aromatic nitrogens is 2. The topological polar surface area (TPSA) is 84.3 Å². The summed E-state index contributed by atoms with van der Waals surface area (Å²) in [6.45, 7) is 3.86. The van der Waals surface area contributed by atoms with E-state index in [2.05, 4.69) is 10.4 Å². The number of anilines is 2. The third-order valence-corrected chi connectivity index (χ3v) is 4.77. The number of hydrogen-bond donors (Lipinski definition) is 1. The summed E-state index contributed by atoms with van der Waals surface area (Å²) in [5.74, 6) is -0.310. The Morgan fingerprint density at radius 1 is 0.931 bits per heavy atom. The second-order valence-corrected chi connectivity index (χ2v) is 7.05. The van der Waals surface area contributed by atoms with Crippen molar-refractivity contribution in [2.24, 2.45) is 0 Å². The van der Waals surface area contributed by atoms with E-state index in [9.17, 15) is 14.4 Å². The second-order valence-electron chi connectivity index (χ2n) is 7.05. The number of benzene rings is 2. The van der Waals surface area contributed by atoms with E-state index in [0.717, 1.165) is 21.8 Å². The fourth-order valence-electron chi connectivity index (χ4n) is 3.31. The molecule has 0 radical (unpaired) electrons. The summed E-state index contributed by atoms with van der Waals surface area (Å²) in [4.78, 5) is 37.9. The monoisotopic (exact) mass is 388 g/mol. The highest BCUT2D eigenvalue weighted by atomic mass is 16.2. The largest absolute Gasteiger partial charge is 0.306 e. The van der Waals surface area contributed by atoms with Crippen LogP contribution < -0.4 is 10.2 Å². The number of aryl methyl sites for hydroxylation is 2. The molecule has 29 heavy (non-hydrogen) atoms. The number of carbonyl (C=O) groups is 3. The molecule has 0 bridgehead atoms. The number of amides is 3. The zero-order valence-corrected chi connectivity index (χ0v) is 16.2. The smallest absolute Gasteiger partial charge is 0.256 e.